The summed E-state index contributed by atoms with van der Waals surface area (Å²) in [5.41, 5.74) is -0.202. The number of ether oxygens (including phenoxy) is 1. The molecule has 0 fully saturated rings. The molecule has 0 radical (unpaired) electrons. The maximum atomic E-state index is 13.0. The fourth-order valence-electron chi connectivity index (χ4n) is 3.01. The fourth-order valence-corrected chi connectivity index (χ4v) is 3.01. The van der Waals surface area contributed by atoms with Crippen molar-refractivity contribution in [1.29, 1.82) is 0 Å². The van der Waals surface area contributed by atoms with Gasteiger partial charge >= 0.3 is 5.56 Å². The minimum atomic E-state index is -0.640. The van der Waals surface area contributed by atoms with E-state index in [2.05, 4.69) is 15.3 Å². The number of hydrogen-bond acceptors (Lipinski definition) is 5. The van der Waals surface area contributed by atoms with Gasteiger partial charge in [-0.25, -0.2) is 9.53 Å². The molecule has 1 aromatic heterocycles. The lowest BCUT2D eigenvalue weighted by molar-refractivity contribution is 0.0825. The van der Waals surface area contributed by atoms with E-state index < -0.39 is 17.0 Å². The number of carbonyl (C=O) groups excluding carboxylic acids is 1. The highest BCUT2D eigenvalue weighted by molar-refractivity contribution is 6.01. The van der Waals surface area contributed by atoms with Crippen LogP contribution in [0.2, 0.25) is 0 Å². The molecule has 144 valence electrons. The van der Waals surface area contributed by atoms with Crippen LogP contribution in [0.25, 0.3) is 10.5 Å². The van der Waals surface area contributed by atoms with Crippen molar-refractivity contribution < 1.29 is 9.53 Å². The van der Waals surface area contributed by atoms with Crippen molar-refractivity contribution in [2.45, 2.75) is 0 Å². The number of aromatic amines is 1. The molecule has 9 nitrogen and oxygen atoms in total. The lowest BCUT2D eigenvalue weighted by Gasteiger charge is -2.24. The number of hydrogen-bond donors (Lipinski definition) is 2. The van der Waals surface area contributed by atoms with Crippen LogP contribution in [0.3, 0.4) is 0 Å². The average molecular weight is 389 g/mol. The summed E-state index contributed by atoms with van der Waals surface area (Å²) in [7, 11) is 3.13. The quantitative estimate of drug-likeness (QED) is 0.513. The first-order chi connectivity index (χ1) is 13.9. The summed E-state index contributed by atoms with van der Waals surface area (Å²) in [6.45, 7) is 7.28. The molecule has 2 heterocycles. The van der Waals surface area contributed by atoms with Crippen LogP contribution < -0.4 is 21.2 Å². The normalized spacial score (nSPS) is 11.3. The van der Waals surface area contributed by atoms with Gasteiger partial charge in [0.15, 0.2) is 17.1 Å². The topological polar surface area (TPSA) is 101 Å². The number of nitrogens with zero attached hydrogens (tertiary/aromatic N) is 3. The van der Waals surface area contributed by atoms with Crippen molar-refractivity contribution in [3.63, 3.8) is 0 Å². The zero-order valence-corrected chi connectivity index (χ0v) is 15.5. The second-order valence-electron chi connectivity index (χ2n) is 6.53. The van der Waals surface area contributed by atoms with Crippen LogP contribution in [0.4, 0.5) is 17.1 Å². The number of fused-ring (bicyclic) bond motifs is 2. The maximum absolute atomic E-state index is 13.0. The molecule has 0 spiro atoms. The van der Waals surface area contributed by atoms with Gasteiger partial charge in [-0.2, -0.15) is 0 Å². The van der Waals surface area contributed by atoms with Crippen molar-refractivity contribution in [3.8, 4) is 17.2 Å². The van der Waals surface area contributed by atoms with Crippen LogP contribution in [0.5, 0.6) is 11.5 Å². The van der Waals surface area contributed by atoms with E-state index in [1.165, 1.54) is 17.0 Å². The van der Waals surface area contributed by atoms with Gasteiger partial charge in [0.25, 0.3) is 11.5 Å². The second-order valence-corrected chi connectivity index (χ2v) is 6.53. The predicted octanol–water partition coefficient (Wildman–Crippen LogP) is 2.63. The minimum absolute atomic E-state index is 0.0736. The molecule has 29 heavy (non-hydrogen) atoms. The highest BCUT2D eigenvalue weighted by Gasteiger charge is 2.29. The zero-order chi connectivity index (χ0) is 20.7. The highest BCUT2D eigenvalue weighted by atomic mass is 16.5. The van der Waals surface area contributed by atoms with Gasteiger partial charge in [-0.15, -0.1) is 0 Å². The van der Waals surface area contributed by atoms with E-state index in [1.807, 2.05) is 0 Å². The molecular formula is C20H15N5O4. The summed E-state index contributed by atoms with van der Waals surface area (Å²) in [4.78, 5) is 42.9. The van der Waals surface area contributed by atoms with Gasteiger partial charge in [-0.3, -0.25) is 19.5 Å². The summed E-state index contributed by atoms with van der Waals surface area (Å²) in [5.74, 6) is -0.546. The Morgan fingerprint density at radius 1 is 1.14 bits per heavy atom. The van der Waals surface area contributed by atoms with Gasteiger partial charge < -0.3 is 15.0 Å². The van der Waals surface area contributed by atoms with E-state index in [0.717, 1.165) is 4.68 Å². The Bertz CT molecular complexity index is 1300. The van der Waals surface area contributed by atoms with Gasteiger partial charge in [-0.05, 0) is 24.3 Å². The first-order valence-electron chi connectivity index (χ1n) is 8.57. The molecule has 0 saturated heterocycles. The molecule has 2 N–H and O–H groups in total. The molecule has 0 aliphatic carbocycles. The zero-order valence-electron chi connectivity index (χ0n) is 15.5. The molecule has 1 aliphatic heterocycles. The third-order valence-corrected chi connectivity index (χ3v) is 4.38. The Labute approximate surface area is 164 Å². The summed E-state index contributed by atoms with van der Waals surface area (Å²) in [6.07, 6.45) is 0. The van der Waals surface area contributed by atoms with Crippen molar-refractivity contribution in [2.24, 2.45) is 0 Å². The Balaban J connectivity index is 1.92. The SMILES string of the molecule is [C-]#[N+]c1cc2c(c(C(=O)N(C)C)c1)Oc1c(c(=O)n(-c3ccccc3)[nH]c1=O)N2. The van der Waals surface area contributed by atoms with Gasteiger partial charge in [0.05, 0.1) is 23.5 Å². The standard InChI is InChI=1S/C20H15N5O4/c1-21-11-9-13(19(27)24(2)3)16-14(10-11)22-15-17(29-16)18(26)23-25(20(15)28)12-7-5-4-6-8-12/h4-10,22H,2-3H3,(H,23,26). The van der Waals surface area contributed by atoms with E-state index in [1.54, 1.807) is 44.4 Å². The van der Waals surface area contributed by atoms with Crippen LogP contribution in [0.1, 0.15) is 10.4 Å². The molecule has 1 aliphatic rings. The van der Waals surface area contributed by atoms with Crippen LogP contribution in [0, 0.1) is 6.57 Å². The lowest BCUT2D eigenvalue weighted by Crippen LogP contribution is -2.33. The number of amides is 1. The van der Waals surface area contributed by atoms with Crippen LogP contribution in [0.15, 0.2) is 52.1 Å². The predicted molar refractivity (Wildman–Crippen MR) is 107 cm³/mol. The number of nitrogens with one attached hydrogen (secondary N) is 2. The van der Waals surface area contributed by atoms with Crippen molar-refractivity contribution in [3.05, 3.63) is 80.2 Å². The first-order valence-corrected chi connectivity index (χ1v) is 8.57. The largest absolute Gasteiger partial charge is 0.446 e. The number of carbonyl (C=O) groups is 1. The number of rotatable bonds is 2. The molecule has 2 aromatic carbocycles. The number of benzene rings is 2. The summed E-state index contributed by atoms with van der Waals surface area (Å²) >= 11 is 0. The van der Waals surface area contributed by atoms with Gasteiger partial charge in [-0.1, -0.05) is 18.2 Å². The van der Waals surface area contributed by atoms with Gasteiger partial charge in [0.2, 0.25) is 5.75 Å². The Morgan fingerprint density at radius 3 is 2.52 bits per heavy atom. The molecule has 3 aromatic rings. The minimum Gasteiger partial charge on any atom is -0.446 e. The Morgan fingerprint density at radius 2 is 1.86 bits per heavy atom. The molecule has 0 bridgehead atoms. The lowest BCUT2D eigenvalue weighted by atomic mass is 10.1. The molecule has 1 amide bonds. The summed E-state index contributed by atoms with van der Waals surface area (Å²) in [6, 6.07) is 11.5. The molecule has 0 atom stereocenters. The van der Waals surface area contributed by atoms with E-state index in [-0.39, 0.29) is 34.1 Å². The van der Waals surface area contributed by atoms with Gasteiger partial charge in [0, 0.05) is 14.1 Å². The molecule has 4 rings (SSSR count). The monoisotopic (exact) mass is 389 g/mol. The number of para-hydroxylation sites is 1. The van der Waals surface area contributed by atoms with Gasteiger partial charge in [0.1, 0.15) is 0 Å². The summed E-state index contributed by atoms with van der Waals surface area (Å²) < 4.78 is 6.82. The van der Waals surface area contributed by atoms with Crippen LogP contribution in [-0.4, -0.2) is 34.7 Å². The highest BCUT2D eigenvalue weighted by Crippen LogP contribution is 2.43. The third-order valence-electron chi connectivity index (χ3n) is 4.38. The maximum Gasteiger partial charge on any atom is 0.308 e. The number of aromatic nitrogens is 2. The van der Waals surface area contributed by atoms with Crippen molar-refractivity contribution >= 4 is 23.0 Å². The average Bonchev–Trinajstić information content (AvgIpc) is 2.74. The van der Waals surface area contributed by atoms with Crippen molar-refractivity contribution in [2.75, 3.05) is 19.4 Å². The van der Waals surface area contributed by atoms with Crippen LogP contribution in [-0.2, 0) is 0 Å². The smallest absolute Gasteiger partial charge is 0.308 e. The van der Waals surface area contributed by atoms with E-state index in [4.69, 9.17) is 11.3 Å². The molecular weight excluding hydrogens is 374 g/mol. The Kier molecular flexibility index (Phi) is 4.16. The fraction of sp³-hybridized carbons (Fsp3) is 0.100. The molecule has 9 heteroatoms. The molecule has 0 unspecified atom stereocenters. The Hall–Kier alpha value is -4.32. The third kappa shape index (κ3) is 2.93. The first kappa shape index (κ1) is 18.1. The second kappa shape index (κ2) is 6.69. The van der Waals surface area contributed by atoms with Crippen molar-refractivity contribution in [1.82, 2.24) is 14.7 Å². The summed E-state index contributed by atoms with van der Waals surface area (Å²) in [5, 5.41) is 5.36. The van der Waals surface area contributed by atoms with Crippen LogP contribution >= 0.6 is 0 Å². The van der Waals surface area contributed by atoms with E-state index in [0.29, 0.717) is 5.69 Å². The van der Waals surface area contributed by atoms with E-state index >= 15 is 0 Å². The van der Waals surface area contributed by atoms with E-state index in [9.17, 15) is 14.4 Å². The number of H-pyrrole nitrogens is 1. The number of anilines is 2. The molecule has 0 saturated carbocycles.